The second kappa shape index (κ2) is 6.86. The second-order valence-electron chi connectivity index (χ2n) is 4.44. The van der Waals surface area contributed by atoms with Gasteiger partial charge in [0.1, 0.15) is 11.6 Å². The summed E-state index contributed by atoms with van der Waals surface area (Å²) in [5.41, 5.74) is 0.292. The lowest BCUT2D eigenvalue weighted by molar-refractivity contribution is -0.121. The highest BCUT2D eigenvalue weighted by Gasteiger charge is 2.16. The molecule has 1 heterocycles. The maximum absolute atomic E-state index is 13.4. The lowest BCUT2D eigenvalue weighted by Crippen LogP contribution is -2.41. The SMILES string of the molecule is O=C(CC1CSCCN1)NCc1ccc(F)cc1F. The van der Waals surface area contributed by atoms with E-state index >= 15 is 0 Å². The van der Waals surface area contributed by atoms with Crippen LogP contribution in [0, 0.1) is 11.6 Å². The molecule has 1 aliphatic rings. The molecule has 3 nitrogen and oxygen atoms in total. The van der Waals surface area contributed by atoms with Crippen LogP contribution in [-0.4, -0.2) is 30.0 Å². The van der Waals surface area contributed by atoms with Crippen molar-refractivity contribution in [3.05, 3.63) is 35.4 Å². The Morgan fingerprint density at radius 1 is 1.47 bits per heavy atom. The Morgan fingerprint density at radius 2 is 2.32 bits per heavy atom. The Hall–Kier alpha value is -1.14. The molecular formula is C13H16F2N2OS. The van der Waals surface area contributed by atoms with Crippen molar-refractivity contribution < 1.29 is 13.6 Å². The van der Waals surface area contributed by atoms with Crippen LogP contribution in [0.25, 0.3) is 0 Å². The van der Waals surface area contributed by atoms with Gasteiger partial charge >= 0.3 is 0 Å². The van der Waals surface area contributed by atoms with E-state index in [1.54, 1.807) is 0 Å². The van der Waals surface area contributed by atoms with E-state index in [0.29, 0.717) is 12.0 Å². The summed E-state index contributed by atoms with van der Waals surface area (Å²) in [4.78, 5) is 11.7. The predicted molar refractivity (Wildman–Crippen MR) is 71.9 cm³/mol. The van der Waals surface area contributed by atoms with Gasteiger partial charge < -0.3 is 10.6 Å². The average Bonchev–Trinajstić information content (AvgIpc) is 2.39. The van der Waals surface area contributed by atoms with Gasteiger partial charge in [0.2, 0.25) is 5.91 Å². The van der Waals surface area contributed by atoms with Gasteiger partial charge in [-0.3, -0.25) is 4.79 Å². The van der Waals surface area contributed by atoms with Crippen LogP contribution in [0.2, 0.25) is 0 Å². The number of carbonyl (C=O) groups is 1. The van der Waals surface area contributed by atoms with E-state index in [0.717, 1.165) is 24.1 Å². The molecule has 104 valence electrons. The van der Waals surface area contributed by atoms with Gasteiger partial charge in [-0.15, -0.1) is 0 Å². The van der Waals surface area contributed by atoms with Crippen LogP contribution >= 0.6 is 11.8 Å². The number of hydrogen-bond donors (Lipinski definition) is 2. The van der Waals surface area contributed by atoms with Crippen molar-refractivity contribution in [1.29, 1.82) is 0 Å². The van der Waals surface area contributed by atoms with Crippen LogP contribution in [0.15, 0.2) is 18.2 Å². The second-order valence-corrected chi connectivity index (χ2v) is 5.59. The van der Waals surface area contributed by atoms with Gasteiger partial charge in [0.25, 0.3) is 0 Å². The van der Waals surface area contributed by atoms with Gasteiger partial charge in [0, 0.05) is 48.7 Å². The number of nitrogens with one attached hydrogen (secondary N) is 2. The molecule has 1 aromatic rings. The van der Waals surface area contributed by atoms with Crippen molar-refractivity contribution in [2.24, 2.45) is 0 Å². The zero-order chi connectivity index (χ0) is 13.7. The first-order valence-corrected chi connectivity index (χ1v) is 7.32. The predicted octanol–water partition coefficient (Wildman–Crippen LogP) is 1.68. The van der Waals surface area contributed by atoms with Crippen LogP contribution in [0.5, 0.6) is 0 Å². The smallest absolute Gasteiger partial charge is 0.221 e. The number of thioether (sulfide) groups is 1. The molecule has 0 saturated carbocycles. The van der Waals surface area contributed by atoms with Gasteiger partial charge in [-0.1, -0.05) is 6.07 Å². The Kier molecular flexibility index (Phi) is 5.15. The summed E-state index contributed by atoms with van der Waals surface area (Å²) in [6.07, 6.45) is 0.385. The van der Waals surface area contributed by atoms with Crippen molar-refractivity contribution in [2.45, 2.75) is 19.0 Å². The fourth-order valence-corrected chi connectivity index (χ4v) is 2.85. The lowest BCUT2D eigenvalue weighted by atomic mass is 10.2. The standard InChI is InChI=1S/C13H16F2N2OS/c14-10-2-1-9(12(15)5-10)7-17-13(18)6-11-8-19-4-3-16-11/h1-2,5,11,16H,3-4,6-8H2,(H,17,18). The normalized spacial score (nSPS) is 19.2. The van der Waals surface area contributed by atoms with Gasteiger partial charge in [0.15, 0.2) is 0 Å². The molecule has 0 spiro atoms. The van der Waals surface area contributed by atoms with E-state index in [1.165, 1.54) is 12.1 Å². The lowest BCUT2D eigenvalue weighted by Gasteiger charge is -2.22. The minimum atomic E-state index is -0.633. The molecular weight excluding hydrogens is 270 g/mol. The van der Waals surface area contributed by atoms with Crippen LogP contribution in [0.1, 0.15) is 12.0 Å². The molecule has 0 radical (unpaired) electrons. The minimum Gasteiger partial charge on any atom is -0.352 e. The Morgan fingerprint density at radius 3 is 3.00 bits per heavy atom. The molecule has 2 N–H and O–H groups in total. The summed E-state index contributed by atoms with van der Waals surface area (Å²) in [5, 5.41) is 5.92. The first kappa shape index (κ1) is 14.3. The fraction of sp³-hybridized carbons (Fsp3) is 0.462. The number of benzene rings is 1. The average molecular weight is 286 g/mol. The Balaban J connectivity index is 1.79. The van der Waals surface area contributed by atoms with E-state index in [1.807, 2.05) is 11.8 Å². The largest absolute Gasteiger partial charge is 0.352 e. The zero-order valence-corrected chi connectivity index (χ0v) is 11.2. The Bertz CT molecular complexity index is 450. The molecule has 1 amide bonds. The molecule has 1 fully saturated rings. The zero-order valence-electron chi connectivity index (χ0n) is 10.4. The molecule has 2 rings (SSSR count). The van der Waals surface area contributed by atoms with Crippen molar-refractivity contribution in [3.8, 4) is 0 Å². The van der Waals surface area contributed by atoms with E-state index in [4.69, 9.17) is 0 Å². The molecule has 19 heavy (non-hydrogen) atoms. The van der Waals surface area contributed by atoms with Crippen LogP contribution in [0.4, 0.5) is 8.78 Å². The first-order chi connectivity index (χ1) is 9.15. The summed E-state index contributed by atoms with van der Waals surface area (Å²) in [7, 11) is 0. The van der Waals surface area contributed by atoms with Crippen LogP contribution < -0.4 is 10.6 Å². The summed E-state index contributed by atoms with van der Waals surface area (Å²) >= 11 is 1.82. The van der Waals surface area contributed by atoms with Gasteiger partial charge in [-0.2, -0.15) is 11.8 Å². The van der Waals surface area contributed by atoms with Gasteiger partial charge in [-0.05, 0) is 6.07 Å². The van der Waals surface area contributed by atoms with E-state index in [2.05, 4.69) is 10.6 Å². The molecule has 1 saturated heterocycles. The number of carbonyl (C=O) groups excluding carboxylic acids is 1. The highest BCUT2D eigenvalue weighted by atomic mass is 32.2. The minimum absolute atomic E-state index is 0.0881. The van der Waals surface area contributed by atoms with Gasteiger partial charge in [0.05, 0.1) is 0 Å². The highest BCUT2D eigenvalue weighted by Crippen LogP contribution is 2.11. The first-order valence-electron chi connectivity index (χ1n) is 6.17. The molecule has 6 heteroatoms. The van der Waals surface area contributed by atoms with E-state index in [-0.39, 0.29) is 18.5 Å². The quantitative estimate of drug-likeness (QED) is 0.885. The maximum Gasteiger partial charge on any atom is 0.221 e. The molecule has 0 bridgehead atoms. The molecule has 1 aromatic carbocycles. The van der Waals surface area contributed by atoms with Crippen LogP contribution in [-0.2, 0) is 11.3 Å². The number of hydrogen-bond acceptors (Lipinski definition) is 3. The highest BCUT2D eigenvalue weighted by molar-refractivity contribution is 7.99. The molecule has 0 aliphatic carbocycles. The third-order valence-electron chi connectivity index (χ3n) is 2.92. The molecule has 1 aliphatic heterocycles. The van der Waals surface area contributed by atoms with E-state index < -0.39 is 11.6 Å². The van der Waals surface area contributed by atoms with Crippen LogP contribution in [0.3, 0.4) is 0 Å². The van der Waals surface area contributed by atoms with Gasteiger partial charge in [-0.25, -0.2) is 8.78 Å². The summed E-state index contributed by atoms with van der Waals surface area (Å²) in [6, 6.07) is 3.53. The third-order valence-corrected chi connectivity index (χ3v) is 4.05. The molecule has 0 aromatic heterocycles. The number of amides is 1. The topological polar surface area (TPSA) is 41.1 Å². The molecule has 1 unspecified atom stereocenters. The van der Waals surface area contributed by atoms with Crippen molar-refractivity contribution in [3.63, 3.8) is 0 Å². The van der Waals surface area contributed by atoms with E-state index in [9.17, 15) is 13.6 Å². The summed E-state index contributed by atoms with van der Waals surface area (Å²) in [5.74, 6) is 0.614. The van der Waals surface area contributed by atoms with Crippen molar-refractivity contribution in [1.82, 2.24) is 10.6 Å². The summed E-state index contributed by atoms with van der Waals surface area (Å²) in [6.45, 7) is 1.00. The summed E-state index contributed by atoms with van der Waals surface area (Å²) < 4.78 is 26.1. The Labute approximate surface area is 115 Å². The number of rotatable bonds is 4. The molecule has 1 atom stereocenters. The fourth-order valence-electron chi connectivity index (χ4n) is 1.91. The maximum atomic E-state index is 13.4. The monoisotopic (exact) mass is 286 g/mol. The van der Waals surface area contributed by atoms with Crippen molar-refractivity contribution in [2.75, 3.05) is 18.1 Å². The number of halogens is 2. The third kappa shape index (κ3) is 4.47. The van der Waals surface area contributed by atoms with Crippen molar-refractivity contribution >= 4 is 17.7 Å².